The molecule has 2 heteroatoms. The maximum Gasteiger partial charge on any atom is 0.0619 e. The summed E-state index contributed by atoms with van der Waals surface area (Å²) in [5.41, 5.74) is 14.5. The molecule has 0 N–H and O–H groups in total. The third-order valence-corrected chi connectivity index (χ3v) is 11.9. The minimum Gasteiger partial charge on any atom is -0.309 e. The quantitative estimate of drug-likeness (QED) is 0.150. The van der Waals surface area contributed by atoms with E-state index < -0.39 is 0 Å². The summed E-state index contributed by atoms with van der Waals surface area (Å²) in [6.45, 7) is 8.87. The highest BCUT2D eigenvalue weighted by Crippen LogP contribution is 2.54. The summed E-state index contributed by atoms with van der Waals surface area (Å²) < 4.78 is 0. The van der Waals surface area contributed by atoms with Crippen LogP contribution >= 0.6 is 0 Å². The lowest BCUT2D eigenvalue weighted by Gasteiger charge is -2.33. The van der Waals surface area contributed by atoms with E-state index in [0.29, 0.717) is 0 Å². The Balaban J connectivity index is 1.37. The van der Waals surface area contributed by atoms with E-state index in [1.54, 1.807) is 0 Å². The van der Waals surface area contributed by atoms with Gasteiger partial charge in [0.1, 0.15) is 0 Å². The van der Waals surface area contributed by atoms with Crippen LogP contribution in [0.1, 0.15) is 22.3 Å². The van der Waals surface area contributed by atoms with Crippen molar-refractivity contribution in [2.24, 2.45) is 0 Å². The average molecular weight is 745 g/mol. The number of anilines is 6. The van der Waals surface area contributed by atoms with Crippen LogP contribution in [-0.4, -0.2) is 0 Å². The highest BCUT2D eigenvalue weighted by molar-refractivity contribution is 6.30. The van der Waals surface area contributed by atoms with E-state index in [2.05, 4.69) is 232 Å². The van der Waals surface area contributed by atoms with E-state index in [9.17, 15) is 0 Å². The molecule has 0 aliphatic carbocycles. The summed E-state index contributed by atoms with van der Waals surface area (Å²) in [4.78, 5) is 5.00. The fourth-order valence-corrected chi connectivity index (χ4v) is 9.23. The molecule has 0 unspecified atom stereocenters. The molecule has 0 aromatic heterocycles. The van der Waals surface area contributed by atoms with E-state index >= 15 is 0 Å². The van der Waals surface area contributed by atoms with Gasteiger partial charge >= 0.3 is 0 Å². The van der Waals surface area contributed by atoms with Crippen molar-refractivity contribution in [1.82, 2.24) is 0 Å². The van der Waals surface area contributed by atoms with Gasteiger partial charge < -0.3 is 9.80 Å². The van der Waals surface area contributed by atoms with E-state index in [1.165, 1.54) is 111 Å². The van der Waals surface area contributed by atoms with Gasteiger partial charge in [0.25, 0.3) is 0 Å². The van der Waals surface area contributed by atoms with Gasteiger partial charge in [0.05, 0.1) is 11.4 Å². The first-order chi connectivity index (χ1) is 28.5. The predicted molar refractivity (Wildman–Crippen MR) is 250 cm³/mol. The molecule has 0 saturated heterocycles. The third kappa shape index (κ3) is 5.64. The van der Waals surface area contributed by atoms with E-state index in [-0.39, 0.29) is 0 Å². The Kier molecular flexibility index (Phi) is 8.76. The Morgan fingerprint density at radius 3 is 0.638 bits per heavy atom. The molecule has 10 aromatic rings. The monoisotopic (exact) mass is 744 g/mol. The highest BCUT2D eigenvalue weighted by atomic mass is 15.2. The van der Waals surface area contributed by atoms with Gasteiger partial charge in [-0.15, -0.1) is 0 Å². The van der Waals surface area contributed by atoms with E-state index in [4.69, 9.17) is 0 Å². The number of hydrogen-bond donors (Lipinski definition) is 0. The SMILES string of the molecule is Cc1ccccc1N(c1ccccc1C)c1c2ccccc2c(-c2c3ccccc3c(N(c3ccccc3C)c3ccccc3C)c3ccccc23)c2ccccc12. The number of nitrogens with zero attached hydrogens (tertiary/aromatic N) is 2. The van der Waals surface area contributed by atoms with Crippen LogP contribution in [0.2, 0.25) is 0 Å². The largest absolute Gasteiger partial charge is 0.309 e. The van der Waals surface area contributed by atoms with Gasteiger partial charge in [0.2, 0.25) is 0 Å². The number of rotatable bonds is 7. The molecule has 0 atom stereocenters. The van der Waals surface area contributed by atoms with Crippen LogP contribution in [0.5, 0.6) is 0 Å². The zero-order chi connectivity index (χ0) is 39.3. The standard InChI is InChI=1S/C56H44N2/c1-37-21-5-17-33-49(37)57(50-34-18-6-22-38(50)2)55-45-29-13-9-25-41(45)53(42-26-10-14-30-46(42)55)54-43-27-11-15-31-47(43)56(48-32-16-12-28-44(48)54)58(51-35-19-7-23-39(51)3)52-36-20-8-24-40(52)4/h5-36H,1-4H3. The second-order valence-electron chi connectivity index (χ2n) is 15.4. The van der Waals surface area contributed by atoms with Gasteiger partial charge in [0.15, 0.2) is 0 Å². The molecule has 0 aliphatic rings. The lowest BCUT2D eigenvalue weighted by atomic mass is 9.84. The van der Waals surface area contributed by atoms with Gasteiger partial charge in [0, 0.05) is 44.3 Å². The zero-order valence-corrected chi connectivity index (χ0v) is 33.4. The fourth-order valence-electron chi connectivity index (χ4n) is 9.23. The van der Waals surface area contributed by atoms with E-state index in [0.717, 1.165) is 0 Å². The molecule has 0 heterocycles. The number of para-hydroxylation sites is 4. The molecule has 0 bridgehead atoms. The van der Waals surface area contributed by atoms with Crippen molar-refractivity contribution in [2.75, 3.05) is 9.80 Å². The molecule has 10 aromatic carbocycles. The molecular formula is C56H44N2. The second kappa shape index (κ2) is 14.4. The Hall–Kier alpha value is -7.16. The van der Waals surface area contributed by atoms with Crippen molar-refractivity contribution in [2.45, 2.75) is 27.7 Å². The number of fused-ring (bicyclic) bond motifs is 4. The molecule has 0 amide bonds. The molecule has 10 rings (SSSR count). The minimum absolute atomic E-state index is 1.17. The van der Waals surface area contributed by atoms with Gasteiger partial charge in [-0.25, -0.2) is 0 Å². The Morgan fingerprint density at radius 2 is 0.414 bits per heavy atom. The first kappa shape index (κ1) is 35.3. The van der Waals surface area contributed by atoms with Crippen LogP contribution in [0.15, 0.2) is 194 Å². The van der Waals surface area contributed by atoms with Gasteiger partial charge in [-0.1, -0.05) is 170 Å². The van der Waals surface area contributed by atoms with E-state index in [1.807, 2.05) is 0 Å². The van der Waals surface area contributed by atoms with Crippen LogP contribution in [0, 0.1) is 27.7 Å². The lowest BCUT2D eigenvalue weighted by molar-refractivity contribution is 1.24. The molecule has 0 aliphatic heterocycles. The molecule has 0 spiro atoms. The van der Waals surface area contributed by atoms with Crippen LogP contribution in [0.4, 0.5) is 34.1 Å². The molecular weight excluding hydrogens is 701 g/mol. The summed E-state index contributed by atoms with van der Waals surface area (Å²) in [6, 6.07) is 71.3. The summed E-state index contributed by atoms with van der Waals surface area (Å²) in [5, 5.41) is 9.73. The predicted octanol–water partition coefficient (Wildman–Crippen LogP) is 16.1. The van der Waals surface area contributed by atoms with Gasteiger partial charge in [-0.05, 0) is 107 Å². The first-order valence-electron chi connectivity index (χ1n) is 20.2. The molecule has 0 saturated carbocycles. The average Bonchev–Trinajstić information content (AvgIpc) is 3.26. The first-order valence-corrected chi connectivity index (χ1v) is 20.2. The maximum absolute atomic E-state index is 2.50. The van der Waals surface area contributed by atoms with Crippen molar-refractivity contribution >= 4 is 77.2 Å². The van der Waals surface area contributed by atoms with Crippen LogP contribution in [-0.2, 0) is 0 Å². The third-order valence-electron chi connectivity index (χ3n) is 11.9. The Bertz CT molecular complexity index is 2770. The summed E-state index contributed by atoms with van der Waals surface area (Å²) in [7, 11) is 0. The van der Waals surface area contributed by atoms with Gasteiger partial charge in [-0.3, -0.25) is 0 Å². The molecule has 278 valence electrons. The zero-order valence-electron chi connectivity index (χ0n) is 33.4. The molecule has 0 fully saturated rings. The highest BCUT2D eigenvalue weighted by Gasteiger charge is 2.28. The molecule has 58 heavy (non-hydrogen) atoms. The number of aryl methyl sites for hydroxylation is 4. The summed E-state index contributed by atoms with van der Waals surface area (Å²) in [6.07, 6.45) is 0. The van der Waals surface area contributed by atoms with Crippen LogP contribution < -0.4 is 9.80 Å². The minimum atomic E-state index is 1.17. The molecule has 2 nitrogen and oxygen atoms in total. The van der Waals surface area contributed by atoms with Crippen molar-refractivity contribution in [1.29, 1.82) is 0 Å². The number of benzene rings is 10. The Morgan fingerprint density at radius 1 is 0.224 bits per heavy atom. The topological polar surface area (TPSA) is 6.48 Å². The van der Waals surface area contributed by atoms with Crippen molar-refractivity contribution in [3.05, 3.63) is 216 Å². The molecule has 0 radical (unpaired) electrons. The van der Waals surface area contributed by atoms with Crippen LogP contribution in [0.25, 0.3) is 54.2 Å². The summed E-state index contributed by atoms with van der Waals surface area (Å²) in [5.74, 6) is 0. The maximum atomic E-state index is 2.50. The van der Waals surface area contributed by atoms with Crippen molar-refractivity contribution in [3.63, 3.8) is 0 Å². The fraction of sp³-hybridized carbons (Fsp3) is 0.0714. The Labute approximate surface area is 340 Å². The van der Waals surface area contributed by atoms with Crippen molar-refractivity contribution in [3.8, 4) is 11.1 Å². The van der Waals surface area contributed by atoms with Crippen molar-refractivity contribution < 1.29 is 0 Å². The lowest BCUT2D eigenvalue weighted by Crippen LogP contribution is -2.14. The summed E-state index contributed by atoms with van der Waals surface area (Å²) >= 11 is 0. The second-order valence-corrected chi connectivity index (χ2v) is 15.4. The van der Waals surface area contributed by atoms with Crippen LogP contribution in [0.3, 0.4) is 0 Å². The van der Waals surface area contributed by atoms with Gasteiger partial charge in [-0.2, -0.15) is 0 Å². The smallest absolute Gasteiger partial charge is 0.0619 e. The number of hydrogen-bond acceptors (Lipinski definition) is 2. The normalized spacial score (nSPS) is 11.4.